The molecule has 1 aromatic heterocycles. The molecule has 0 aliphatic heterocycles. The van der Waals surface area contributed by atoms with Gasteiger partial charge in [0, 0.05) is 18.9 Å². The Morgan fingerprint density at radius 2 is 1.76 bits per heavy atom. The van der Waals surface area contributed by atoms with Crippen LogP contribution in [0.2, 0.25) is 5.02 Å². The van der Waals surface area contributed by atoms with Crippen molar-refractivity contribution >= 4 is 29.0 Å². The van der Waals surface area contributed by atoms with Crippen LogP contribution in [0.4, 0.5) is 11.5 Å². The van der Waals surface area contributed by atoms with Crippen LogP contribution in [0.1, 0.15) is 27.0 Å². The number of anilines is 2. The minimum atomic E-state index is -0.242. The highest BCUT2D eigenvalue weighted by atomic mass is 35.5. The lowest BCUT2D eigenvalue weighted by atomic mass is 10.0. The zero-order chi connectivity index (χ0) is 15.6. The summed E-state index contributed by atoms with van der Waals surface area (Å²) in [6.07, 6.45) is 1.47. The van der Waals surface area contributed by atoms with E-state index < -0.39 is 0 Å². The van der Waals surface area contributed by atoms with Crippen LogP contribution in [-0.2, 0) is 0 Å². The molecule has 2 aromatic rings. The molecule has 0 aliphatic carbocycles. The van der Waals surface area contributed by atoms with Crippen molar-refractivity contribution in [1.82, 2.24) is 4.98 Å². The molecule has 1 aromatic carbocycles. The first-order valence-corrected chi connectivity index (χ1v) is 7.02. The maximum atomic E-state index is 12.4. The SMILES string of the molecule is CNc1cc(C(=O)Nc2c(C)cc(C)cc2C)c(Cl)cn1. The Balaban J connectivity index is 2.35. The van der Waals surface area contributed by atoms with Gasteiger partial charge < -0.3 is 10.6 Å². The van der Waals surface area contributed by atoms with E-state index in [-0.39, 0.29) is 5.91 Å². The van der Waals surface area contributed by atoms with E-state index in [9.17, 15) is 4.79 Å². The fourth-order valence-electron chi connectivity index (χ4n) is 2.31. The summed E-state index contributed by atoms with van der Waals surface area (Å²) in [4.78, 5) is 16.5. The number of aryl methyl sites for hydroxylation is 3. The molecule has 1 amide bonds. The first kappa shape index (κ1) is 15.3. The van der Waals surface area contributed by atoms with Crippen LogP contribution in [0.3, 0.4) is 0 Å². The van der Waals surface area contributed by atoms with Crippen molar-refractivity contribution in [3.8, 4) is 0 Å². The van der Waals surface area contributed by atoms with Crippen LogP contribution >= 0.6 is 11.6 Å². The molecule has 0 saturated carbocycles. The third-order valence-electron chi connectivity index (χ3n) is 3.27. The van der Waals surface area contributed by atoms with Crippen LogP contribution in [0.5, 0.6) is 0 Å². The number of aromatic nitrogens is 1. The third kappa shape index (κ3) is 3.34. The van der Waals surface area contributed by atoms with Gasteiger partial charge in [-0.1, -0.05) is 29.3 Å². The molecule has 0 atom stereocenters. The summed E-state index contributed by atoms with van der Waals surface area (Å²) < 4.78 is 0. The average Bonchev–Trinajstić information content (AvgIpc) is 2.43. The van der Waals surface area contributed by atoms with Crippen molar-refractivity contribution in [2.75, 3.05) is 17.7 Å². The number of nitrogens with one attached hydrogen (secondary N) is 2. The van der Waals surface area contributed by atoms with Crippen LogP contribution in [0, 0.1) is 20.8 Å². The minimum Gasteiger partial charge on any atom is -0.373 e. The molecule has 0 bridgehead atoms. The minimum absolute atomic E-state index is 0.242. The Kier molecular flexibility index (Phi) is 4.48. The molecule has 0 unspecified atom stereocenters. The Morgan fingerprint density at radius 1 is 1.14 bits per heavy atom. The number of halogens is 1. The first-order chi connectivity index (χ1) is 9.92. The number of carbonyl (C=O) groups is 1. The zero-order valence-corrected chi connectivity index (χ0v) is 13.3. The fourth-order valence-corrected chi connectivity index (χ4v) is 2.50. The van der Waals surface area contributed by atoms with Crippen LogP contribution in [-0.4, -0.2) is 17.9 Å². The van der Waals surface area contributed by atoms with E-state index in [4.69, 9.17) is 11.6 Å². The number of nitrogens with zero attached hydrogens (tertiary/aromatic N) is 1. The predicted molar refractivity (Wildman–Crippen MR) is 87.4 cm³/mol. The van der Waals surface area contributed by atoms with Gasteiger partial charge in [-0.15, -0.1) is 0 Å². The monoisotopic (exact) mass is 303 g/mol. The molecule has 2 rings (SSSR count). The molecule has 0 spiro atoms. The van der Waals surface area contributed by atoms with Gasteiger partial charge in [0.2, 0.25) is 0 Å². The Bertz CT molecular complexity index is 675. The van der Waals surface area contributed by atoms with E-state index in [1.165, 1.54) is 11.8 Å². The van der Waals surface area contributed by atoms with Crippen molar-refractivity contribution in [2.45, 2.75) is 20.8 Å². The summed E-state index contributed by atoms with van der Waals surface area (Å²) in [7, 11) is 1.74. The second-order valence-electron chi connectivity index (χ2n) is 5.03. The number of hydrogen-bond acceptors (Lipinski definition) is 3. The lowest BCUT2D eigenvalue weighted by Crippen LogP contribution is -2.15. The van der Waals surface area contributed by atoms with Gasteiger partial charge >= 0.3 is 0 Å². The van der Waals surface area contributed by atoms with Crippen molar-refractivity contribution in [3.05, 3.63) is 51.7 Å². The Morgan fingerprint density at radius 3 is 2.33 bits per heavy atom. The van der Waals surface area contributed by atoms with Gasteiger partial charge in [-0.25, -0.2) is 4.98 Å². The fraction of sp³-hybridized carbons (Fsp3) is 0.250. The molecule has 5 heteroatoms. The predicted octanol–water partition coefficient (Wildman–Crippen LogP) is 3.95. The second kappa shape index (κ2) is 6.14. The molecule has 0 aliphatic rings. The number of pyridine rings is 1. The molecule has 0 radical (unpaired) electrons. The summed E-state index contributed by atoms with van der Waals surface area (Å²) in [5.41, 5.74) is 4.45. The van der Waals surface area contributed by atoms with Crippen LogP contribution in [0.15, 0.2) is 24.4 Å². The summed E-state index contributed by atoms with van der Waals surface area (Å²) in [6.45, 7) is 5.98. The lowest BCUT2D eigenvalue weighted by molar-refractivity contribution is 0.102. The molecule has 0 saturated heterocycles. The zero-order valence-electron chi connectivity index (χ0n) is 12.5. The lowest BCUT2D eigenvalue weighted by Gasteiger charge is -2.13. The maximum absolute atomic E-state index is 12.4. The molecule has 4 nitrogen and oxygen atoms in total. The molecular formula is C16H18ClN3O. The van der Waals surface area contributed by atoms with E-state index >= 15 is 0 Å². The highest BCUT2D eigenvalue weighted by molar-refractivity contribution is 6.34. The molecular weight excluding hydrogens is 286 g/mol. The van der Waals surface area contributed by atoms with Crippen LogP contribution in [0.25, 0.3) is 0 Å². The summed E-state index contributed by atoms with van der Waals surface area (Å²) in [5, 5.41) is 6.16. The van der Waals surface area contributed by atoms with Gasteiger partial charge in [0.15, 0.2) is 0 Å². The van der Waals surface area contributed by atoms with E-state index in [1.54, 1.807) is 13.1 Å². The molecule has 2 N–H and O–H groups in total. The number of amides is 1. The van der Waals surface area contributed by atoms with Gasteiger partial charge in [-0.05, 0) is 38.0 Å². The topological polar surface area (TPSA) is 54.0 Å². The number of benzene rings is 1. The number of carbonyl (C=O) groups excluding carboxylic acids is 1. The van der Waals surface area contributed by atoms with Crippen molar-refractivity contribution in [2.24, 2.45) is 0 Å². The standard InChI is InChI=1S/C16H18ClN3O/c1-9-5-10(2)15(11(3)6-9)20-16(21)12-7-14(18-4)19-8-13(12)17/h5-8H,1-4H3,(H,18,19)(H,20,21). The average molecular weight is 304 g/mol. The largest absolute Gasteiger partial charge is 0.373 e. The molecule has 110 valence electrons. The third-order valence-corrected chi connectivity index (χ3v) is 3.57. The van der Waals surface area contributed by atoms with E-state index in [1.807, 2.05) is 32.9 Å². The Labute approximate surface area is 129 Å². The van der Waals surface area contributed by atoms with Gasteiger partial charge in [0.25, 0.3) is 5.91 Å². The highest BCUT2D eigenvalue weighted by Gasteiger charge is 2.14. The molecule has 21 heavy (non-hydrogen) atoms. The van der Waals surface area contributed by atoms with Gasteiger partial charge in [-0.2, -0.15) is 0 Å². The smallest absolute Gasteiger partial charge is 0.257 e. The van der Waals surface area contributed by atoms with Crippen LogP contribution < -0.4 is 10.6 Å². The van der Waals surface area contributed by atoms with Gasteiger partial charge in [0.05, 0.1) is 10.6 Å². The molecule has 0 fully saturated rings. The summed E-state index contributed by atoms with van der Waals surface area (Å²) in [5.74, 6) is 0.357. The highest BCUT2D eigenvalue weighted by Crippen LogP contribution is 2.24. The summed E-state index contributed by atoms with van der Waals surface area (Å²) >= 11 is 6.07. The summed E-state index contributed by atoms with van der Waals surface area (Å²) in [6, 6.07) is 5.71. The number of rotatable bonds is 3. The van der Waals surface area contributed by atoms with E-state index in [0.29, 0.717) is 16.4 Å². The number of hydrogen-bond donors (Lipinski definition) is 2. The first-order valence-electron chi connectivity index (χ1n) is 6.65. The van der Waals surface area contributed by atoms with E-state index in [2.05, 4.69) is 15.6 Å². The van der Waals surface area contributed by atoms with Gasteiger partial charge in [0.1, 0.15) is 5.82 Å². The quantitative estimate of drug-likeness (QED) is 0.902. The normalized spacial score (nSPS) is 10.3. The van der Waals surface area contributed by atoms with Crippen molar-refractivity contribution in [3.63, 3.8) is 0 Å². The van der Waals surface area contributed by atoms with Gasteiger partial charge in [-0.3, -0.25) is 4.79 Å². The van der Waals surface area contributed by atoms with Crippen molar-refractivity contribution < 1.29 is 4.79 Å². The Hall–Kier alpha value is -2.07. The second-order valence-corrected chi connectivity index (χ2v) is 5.43. The van der Waals surface area contributed by atoms with E-state index in [0.717, 1.165) is 16.8 Å². The van der Waals surface area contributed by atoms with Crippen molar-refractivity contribution in [1.29, 1.82) is 0 Å². The molecule has 1 heterocycles. The maximum Gasteiger partial charge on any atom is 0.257 e.